The maximum atomic E-state index is 12.5. The van der Waals surface area contributed by atoms with Crippen molar-refractivity contribution in [1.82, 2.24) is 5.43 Å². The Morgan fingerprint density at radius 2 is 1.82 bits per heavy atom. The standard InChI is InChI=1S/C26H23BrN2O5/c1-3-6-18-7-4-5-8-23(18)33-17-25(30)29-28-16-20-15-21(27)11-14-24(20)34-26(31)19-9-12-22(32-2)13-10-19/h3-5,7-16H,1,6,17H2,2H3,(H,29,30). The van der Waals surface area contributed by atoms with Gasteiger partial charge < -0.3 is 14.2 Å². The van der Waals surface area contributed by atoms with E-state index in [-0.39, 0.29) is 12.4 Å². The highest BCUT2D eigenvalue weighted by atomic mass is 79.9. The second-order valence-electron chi connectivity index (χ2n) is 6.98. The van der Waals surface area contributed by atoms with Crippen LogP contribution >= 0.6 is 15.9 Å². The Kier molecular flexibility index (Phi) is 8.99. The second-order valence-corrected chi connectivity index (χ2v) is 7.90. The molecule has 0 aliphatic carbocycles. The third-order valence-corrected chi connectivity index (χ3v) is 5.08. The molecule has 34 heavy (non-hydrogen) atoms. The number of esters is 1. The molecule has 8 heteroatoms. The zero-order valence-corrected chi connectivity index (χ0v) is 20.1. The Morgan fingerprint density at radius 3 is 2.56 bits per heavy atom. The molecule has 0 radical (unpaired) electrons. The van der Waals surface area contributed by atoms with Crippen LogP contribution in [0.15, 0.2) is 89.0 Å². The summed E-state index contributed by atoms with van der Waals surface area (Å²) in [5, 5.41) is 3.97. The van der Waals surface area contributed by atoms with Gasteiger partial charge in [-0.1, -0.05) is 40.2 Å². The van der Waals surface area contributed by atoms with Gasteiger partial charge in [0.2, 0.25) is 0 Å². The van der Waals surface area contributed by atoms with Crippen molar-refractivity contribution in [2.24, 2.45) is 5.10 Å². The fourth-order valence-corrected chi connectivity index (χ4v) is 3.30. The minimum Gasteiger partial charge on any atom is -0.497 e. The summed E-state index contributed by atoms with van der Waals surface area (Å²) in [6.07, 6.45) is 3.80. The molecule has 7 nitrogen and oxygen atoms in total. The predicted octanol–water partition coefficient (Wildman–Crippen LogP) is 4.93. The number of halogens is 1. The first kappa shape index (κ1) is 24.7. The van der Waals surface area contributed by atoms with E-state index in [1.165, 1.54) is 6.21 Å². The zero-order chi connectivity index (χ0) is 24.3. The van der Waals surface area contributed by atoms with Crippen LogP contribution in [0.25, 0.3) is 0 Å². The number of carbonyl (C=O) groups is 2. The average molecular weight is 523 g/mol. The van der Waals surface area contributed by atoms with Crippen molar-refractivity contribution in [3.05, 3.63) is 101 Å². The van der Waals surface area contributed by atoms with E-state index in [0.29, 0.717) is 29.0 Å². The number of hydrazone groups is 1. The zero-order valence-electron chi connectivity index (χ0n) is 18.5. The van der Waals surface area contributed by atoms with Gasteiger partial charge in [0, 0.05) is 10.0 Å². The van der Waals surface area contributed by atoms with Crippen molar-refractivity contribution >= 4 is 34.0 Å². The number of nitrogens with zero attached hydrogens (tertiary/aromatic N) is 1. The molecule has 174 valence electrons. The first-order valence-electron chi connectivity index (χ1n) is 10.3. The Labute approximate surface area is 206 Å². The minimum atomic E-state index is -0.532. The third-order valence-electron chi connectivity index (χ3n) is 4.59. The van der Waals surface area contributed by atoms with Crippen LogP contribution < -0.4 is 19.6 Å². The lowest BCUT2D eigenvalue weighted by Gasteiger charge is -2.10. The number of amides is 1. The van der Waals surface area contributed by atoms with E-state index in [0.717, 1.165) is 10.0 Å². The summed E-state index contributed by atoms with van der Waals surface area (Å²) >= 11 is 3.38. The van der Waals surface area contributed by atoms with Crippen molar-refractivity contribution < 1.29 is 23.8 Å². The average Bonchev–Trinajstić information content (AvgIpc) is 2.85. The summed E-state index contributed by atoms with van der Waals surface area (Å²) < 4.78 is 17.0. The van der Waals surface area contributed by atoms with Gasteiger partial charge in [0.25, 0.3) is 5.91 Å². The number of hydrogen-bond acceptors (Lipinski definition) is 6. The molecule has 0 fully saturated rings. The summed E-state index contributed by atoms with van der Waals surface area (Å²) in [6.45, 7) is 3.52. The largest absolute Gasteiger partial charge is 0.497 e. The minimum absolute atomic E-state index is 0.205. The van der Waals surface area contributed by atoms with Crippen molar-refractivity contribution in [2.75, 3.05) is 13.7 Å². The topological polar surface area (TPSA) is 86.2 Å². The van der Waals surface area contributed by atoms with Gasteiger partial charge in [0.15, 0.2) is 6.61 Å². The number of benzene rings is 3. The molecule has 0 spiro atoms. The van der Waals surface area contributed by atoms with Crippen molar-refractivity contribution in [3.8, 4) is 17.2 Å². The van der Waals surface area contributed by atoms with Crippen molar-refractivity contribution in [2.45, 2.75) is 6.42 Å². The molecule has 0 saturated heterocycles. The molecule has 3 aromatic rings. The van der Waals surface area contributed by atoms with Crippen molar-refractivity contribution in [3.63, 3.8) is 0 Å². The summed E-state index contributed by atoms with van der Waals surface area (Å²) in [7, 11) is 1.55. The Morgan fingerprint density at radius 1 is 1.06 bits per heavy atom. The maximum absolute atomic E-state index is 12.5. The predicted molar refractivity (Wildman–Crippen MR) is 134 cm³/mol. The summed E-state index contributed by atoms with van der Waals surface area (Å²) in [5.41, 5.74) is 4.21. The number of allylic oxidation sites excluding steroid dienone is 1. The van der Waals surface area contributed by atoms with Crippen molar-refractivity contribution in [1.29, 1.82) is 0 Å². The maximum Gasteiger partial charge on any atom is 0.343 e. The highest BCUT2D eigenvalue weighted by Gasteiger charge is 2.12. The molecule has 0 aliphatic rings. The molecule has 0 aliphatic heterocycles. The van der Waals surface area contributed by atoms with Crippen LogP contribution in [0.5, 0.6) is 17.2 Å². The fraction of sp³-hybridized carbons (Fsp3) is 0.115. The van der Waals surface area contributed by atoms with Crippen LogP contribution in [0.1, 0.15) is 21.5 Å². The third kappa shape index (κ3) is 7.05. The molecule has 3 rings (SSSR count). The highest BCUT2D eigenvalue weighted by Crippen LogP contribution is 2.23. The van der Waals surface area contributed by atoms with Gasteiger partial charge in [-0.05, 0) is 60.5 Å². The molecule has 0 unspecified atom stereocenters. The van der Waals surface area contributed by atoms with Gasteiger partial charge in [0.05, 0.1) is 18.9 Å². The molecule has 0 bridgehead atoms. The molecule has 0 heterocycles. The lowest BCUT2D eigenvalue weighted by atomic mass is 10.1. The number of carbonyl (C=O) groups excluding carboxylic acids is 2. The van der Waals surface area contributed by atoms with E-state index in [1.807, 2.05) is 18.2 Å². The molecule has 1 N–H and O–H groups in total. The molecule has 0 saturated carbocycles. The van der Waals surface area contributed by atoms with E-state index in [1.54, 1.807) is 61.7 Å². The summed E-state index contributed by atoms with van der Waals surface area (Å²) in [6, 6.07) is 19.1. The Balaban J connectivity index is 1.62. The second kappa shape index (κ2) is 12.4. The lowest BCUT2D eigenvalue weighted by Crippen LogP contribution is -2.24. The van der Waals surface area contributed by atoms with Gasteiger partial charge in [-0.3, -0.25) is 4.79 Å². The van der Waals surface area contributed by atoms with Crippen LogP contribution in [-0.4, -0.2) is 31.8 Å². The monoisotopic (exact) mass is 522 g/mol. The molecule has 3 aromatic carbocycles. The molecule has 0 atom stereocenters. The smallest absolute Gasteiger partial charge is 0.343 e. The van der Waals surface area contributed by atoms with E-state index in [4.69, 9.17) is 14.2 Å². The van der Waals surface area contributed by atoms with Crippen LogP contribution in [0.4, 0.5) is 0 Å². The fourth-order valence-electron chi connectivity index (χ4n) is 2.92. The molecular weight excluding hydrogens is 500 g/mol. The number of ether oxygens (including phenoxy) is 3. The molecular formula is C26H23BrN2O5. The van der Waals surface area contributed by atoms with E-state index >= 15 is 0 Å². The van der Waals surface area contributed by atoms with Crippen LogP contribution in [0.2, 0.25) is 0 Å². The highest BCUT2D eigenvalue weighted by molar-refractivity contribution is 9.10. The van der Waals surface area contributed by atoms with E-state index < -0.39 is 11.9 Å². The summed E-state index contributed by atoms with van der Waals surface area (Å²) in [4.78, 5) is 24.7. The number of rotatable bonds is 10. The first-order valence-corrected chi connectivity index (χ1v) is 11.1. The Bertz CT molecular complexity index is 1190. The van der Waals surface area contributed by atoms with E-state index in [9.17, 15) is 9.59 Å². The normalized spacial score (nSPS) is 10.5. The van der Waals surface area contributed by atoms with E-state index in [2.05, 4.69) is 33.0 Å². The quantitative estimate of drug-likeness (QED) is 0.134. The lowest BCUT2D eigenvalue weighted by molar-refractivity contribution is -0.123. The number of hydrogen-bond donors (Lipinski definition) is 1. The number of para-hydroxylation sites is 1. The van der Waals surface area contributed by atoms with Gasteiger partial charge in [-0.15, -0.1) is 6.58 Å². The number of nitrogens with one attached hydrogen (secondary N) is 1. The van der Waals surface area contributed by atoms with Crippen LogP contribution in [-0.2, 0) is 11.2 Å². The van der Waals surface area contributed by atoms with Crippen LogP contribution in [0.3, 0.4) is 0 Å². The summed E-state index contributed by atoms with van der Waals surface area (Å²) in [5.74, 6) is 0.571. The molecule has 1 amide bonds. The number of methoxy groups -OCH3 is 1. The van der Waals surface area contributed by atoms with Gasteiger partial charge in [-0.2, -0.15) is 5.10 Å². The molecule has 0 aromatic heterocycles. The van der Waals surface area contributed by atoms with Gasteiger partial charge >= 0.3 is 5.97 Å². The first-order chi connectivity index (χ1) is 16.5. The van der Waals surface area contributed by atoms with Gasteiger partial charge in [-0.25, -0.2) is 10.2 Å². The van der Waals surface area contributed by atoms with Crippen LogP contribution in [0, 0.1) is 0 Å². The SMILES string of the molecule is C=CCc1ccccc1OCC(=O)NN=Cc1cc(Br)ccc1OC(=O)c1ccc(OC)cc1. The van der Waals surface area contributed by atoms with Gasteiger partial charge in [0.1, 0.15) is 17.2 Å². The Hall–Kier alpha value is -3.91.